The molecule has 1 atom stereocenters. The smallest absolute Gasteiger partial charge is 0.164 e. The van der Waals surface area contributed by atoms with E-state index in [2.05, 4.69) is 0 Å². The molecule has 1 unspecified atom stereocenters. The second-order valence-corrected chi connectivity index (χ2v) is 5.78. The van der Waals surface area contributed by atoms with Crippen molar-refractivity contribution in [3.8, 4) is 0 Å². The molecule has 1 aromatic rings. The Morgan fingerprint density at radius 3 is 2.39 bits per heavy atom. The van der Waals surface area contributed by atoms with Crippen molar-refractivity contribution in [1.29, 1.82) is 0 Å². The van der Waals surface area contributed by atoms with Crippen LogP contribution in [0.5, 0.6) is 0 Å². The number of benzene rings is 1. The maximum atomic E-state index is 13.0. The lowest BCUT2D eigenvalue weighted by atomic mass is 9.86. The van der Waals surface area contributed by atoms with Crippen LogP contribution in [-0.2, 0) is 0 Å². The SMILES string of the molecule is CC(C)(C)CC(N)CC(=O)c1ccc(F)c(F)c1. The average Bonchev–Trinajstić information content (AvgIpc) is 2.18. The van der Waals surface area contributed by atoms with E-state index >= 15 is 0 Å². The molecule has 0 heterocycles. The van der Waals surface area contributed by atoms with Gasteiger partial charge in [-0.15, -0.1) is 0 Å². The van der Waals surface area contributed by atoms with Crippen LogP contribution in [0.15, 0.2) is 18.2 Å². The third-order valence-electron chi connectivity index (χ3n) is 2.56. The molecular formula is C14H19F2NO. The van der Waals surface area contributed by atoms with Crippen molar-refractivity contribution in [2.24, 2.45) is 11.1 Å². The van der Waals surface area contributed by atoms with Crippen molar-refractivity contribution in [3.05, 3.63) is 35.4 Å². The van der Waals surface area contributed by atoms with Gasteiger partial charge in [-0.1, -0.05) is 20.8 Å². The topological polar surface area (TPSA) is 43.1 Å². The fourth-order valence-electron chi connectivity index (χ4n) is 1.88. The van der Waals surface area contributed by atoms with E-state index in [0.29, 0.717) is 6.42 Å². The maximum Gasteiger partial charge on any atom is 0.164 e. The zero-order chi connectivity index (χ0) is 13.9. The first-order chi connectivity index (χ1) is 8.19. The summed E-state index contributed by atoms with van der Waals surface area (Å²) in [4.78, 5) is 11.8. The van der Waals surface area contributed by atoms with Crippen molar-refractivity contribution in [2.45, 2.75) is 39.7 Å². The maximum absolute atomic E-state index is 13.0. The lowest BCUT2D eigenvalue weighted by molar-refractivity contribution is 0.0967. The largest absolute Gasteiger partial charge is 0.327 e. The van der Waals surface area contributed by atoms with Crippen LogP contribution >= 0.6 is 0 Å². The van der Waals surface area contributed by atoms with Gasteiger partial charge in [0.2, 0.25) is 0 Å². The van der Waals surface area contributed by atoms with Crippen LogP contribution in [0.1, 0.15) is 44.0 Å². The van der Waals surface area contributed by atoms with Gasteiger partial charge in [0.1, 0.15) is 0 Å². The van der Waals surface area contributed by atoms with E-state index in [-0.39, 0.29) is 29.2 Å². The third kappa shape index (κ3) is 4.53. The van der Waals surface area contributed by atoms with Crippen LogP contribution in [0.2, 0.25) is 0 Å². The molecule has 0 bridgehead atoms. The van der Waals surface area contributed by atoms with Crippen LogP contribution in [-0.4, -0.2) is 11.8 Å². The van der Waals surface area contributed by atoms with Gasteiger partial charge in [-0.3, -0.25) is 4.79 Å². The van der Waals surface area contributed by atoms with E-state index < -0.39 is 11.6 Å². The van der Waals surface area contributed by atoms with E-state index in [1.54, 1.807) is 0 Å². The molecule has 2 N–H and O–H groups in total. The summed E-state index contributed by atoms with van der Waals surface area (Å²) in [5, 5.41) is 0. The highest BCUT2D eigenvalue weighted by molar-refractivity contribution is 5.96. The molecule has 0 fully saturated rings. The van der Waals surface area contributed by atoms with Crippen LogP contribution < -0.4 is 5.73 Å². The minimum absolute atomic E-state index is 0.0355. The number of hydrogen-bond donors (Lipinski definition) is 1. The lowest BCUT2D eigenvalue weighted by Crippen LogP contribution is -2.29. The quantitative estimate of drug-likeness (QED) is 0.839. The Kier molecular flexibility index (Phi) is 4.57. The summed E-state index contributed by atoms with van der Waals surface area (Å²) in [6, 6.07) is 2.88. The molecule has 100 valence electrons. The fraction of sp³-hybridized carbons (Fsp3) is 0.500. The summed E-state index contributed by atoms with van der Waals surface area (Å²) < 4.78 is 25.7. The van der Waals surface area contributed by atoms with E-state index in [1.165, 1.54) is 6.07 Å². The standard InChI is InChI=1S/C14H19F2NO/c1-14(2,3)8-10(17)7-13(18)9-4-5-11(15)12(16)6-9/h4-6,10H,7-8,17H2,1-3H3. The molecular weight excluding hydrogens is 236 g/mol. The van der Waals surface area contributed by atoms with E-state index in [4.69, 9.17) is 5.73 Å². The van der Waals surface area contributed by atoms with Gasteiger partial charge in [0.25, 0.3) is 0 Å². The van der Waals surface area contributed by atoms with Crippen molar-refractivity contribution in [3.63, 3.8) is 0 Å². The number of carbonyl (C=O) groups is 1. The number of halogens is 2. The second kappa shape index (κ2) is 5.57. The fourth-order valence-corrected chi connectivity index (χ4v) is 1.88. The highest BCUT2D eigenvalue weighted by Crippen LogP contribution is 2.22. The Morgan fingerprint density at radius 1 is 1.28 bits per heavy atom. The van der Waals surface area contributed by atoms with Gasteiger partial charge < -0.3 is 5.73 Å². The second-order valence-electron chi connectivity index (χ2n) is 5.78. The molecule has 0 saturated heterocycles. The molecule has 18 heavy (non-hydrogen) atoms. The first kappa shape index (κ1) is 14.8. The molecule has 0 aliphatic carbocycles. The zero-order valence-electron chi connectivity index (χ0n) is 11.0. The first-order valence-electron chi connectivity index (χ1n) is 5.93. The van der Waals surface area contributed by atoms with Gasteiger partial charge in [-0.25, -0.2) is 8.78 Å². The van der Waals surface area contributed by atoms with Crippen molar-refractivity contribution < 1.29 is 13.6 Å². The number of nitrogens with two attached hydrogens (primary N) is 1. The Bertz CT molecular complexity index is 438. The Hall–Kier alpha value is -1.29. The molecule has 0 spiro atoms. The van der Waals surface area contributed by atoms with Crippen LogP contribution in [0.25, 0.3) is 0 Å². The average molecular weight is 255 g/mol. The summed E-state index contributed by atoms with van der Waals surface area (Å²) in [5.74, 6) is -2.22. The molecule has 0 aliphatic rings. The first-order valence-corrected chi connectivity index (χ1v) is 5.93. The minimum atomic E-state index is -1.01. The molecule has 1 aromatic carbocycles. The predicted molar refractivity (Wildman–Crippen MR) is 67.4 cm³/mol. The molecule has 4 heteroatoms. The molecule has 0 aliphatic heterocycles. The summed E-state index contributed by atoms with van der Waals surface area (Å²) >= 11 is 0. The highest BCUT2D eigenvalue weighted by atomic mass is 19.2. The number of Topliss-reactive ketones (excluding diaryl/α,β-unsaturated/α-hetero) is 1. The van der Waals surface area contributed by atoms with Gasteiger partial charge in [0.15, 0.2) is 17.4 Å². The third-order valence-corrected chi connectivity index (χ3v) is 2.56. The van der Waals surface area contributed by atoms with Gasteiger partial charge in [-0.2, -0.15) is 0 Å². The van der Waals surface area contributed by atoms with E-state index in [9.17, 15) is 13.6 Å². The predicted octanol–water partition coefficient (Wildman–Crippen LogP) is 3.30. The number of ketones is 1. The Morgan fingerprint density at radius 2 is 1.89 bits per heavy atom. The van der Waals surface area contributed by atoms with Crippen molar-refractivity contribution in [1.82, 2.24) is 0 Å². The van der Waals surface area contributed by atoms with E-state index in [0.717, 1.165) is 12.1 Å². The van der Waals surface area contributed by atoms with Crippen molar-refractivity contribution in [2.75, 3.05) is 0 Å². The van der Waals surface area contributed by atoms with Crippen molar-refractivity contribution >= 4 is 5.78 Å². The minimum Gasteiger partial charge on any atom is -0.327 e. The zero-order valence-corrected chi connectivity index (χ0v) is 11.0. The summed E-state index contributed by atoms with van der Waals surface area (Å²) in [7, 11) is 0. The number of carbonyl (C=O) groups excluding carboxylic acids is 1. The molecule has 1 rings (SSSR count). The normalized spacial score (nSPS) is 13.4. The number of rotatable bonds is 4. The molecule has 0 aromatic heterocycles. The van der Waals surface area contributed by atoms with Gasteiger partial charge in [0, 0.05) is 18.0 Å². The molecule has 2 nitrogen and oxygen atoms in total. The molecule has 0 saturated carbocycles. The molecule has 0 radical (unpaired) electrons. The van der Waals surface area contributed by atoms with Gasteiger partial charge in [-0.05, 0) is 30.0 Å². The van der Waals surface area contributed by atoms with Crippen LogP contribution in [0, 0.1) is 17.0 Å². The van der Waals surface area contributed by atoms with Crippen LogP contribution in [0.4, 0.5) is 8.78 Å². The summed E-state index contributed by atoms with van der Waals surface area (Å²) in [5.41, 5.74) is 6.08. The molecule has 0 amide bonds. The van der Waals surface area contributed by atoms with Crippen LogP contribution in [0.3, 0.4) is 0 Å². The van der Waals surface area contributed by atoms with Gasteiger partial charge >= 0.3 is 0 Å². The van der Waals surface area contributed by atoms with E-state index in [1.807, 2.05) is 20.8 Å². The van der Waals surface area contributed by atoms with Gasteiger partial charge in [0.05, 0.1) is 0 Å². The monoisotopic (exact) mass is 255 g/mol. The Balaban J connectivity index is 2.68. The summed E-state index contributed by atoms with van der Waals surface area (Å²) in [6.45, 7) is 6.11. The number of hydrogen-bond acceptors (Lipinski definition) is 2. The lowest BCUT2D eigenvalue weighted by Gasteiger charge is -2.22. The Labute approximate surface area is 106 Å². The highest BCUT2D eigenvalue weighted by Gasteiger charge is 2.19. The summed E-state index contributed by atoms with van der Waals surface area (Å²) in [6.07, 6.45) is 0.838.